The molecule has 0 N–H and O–H groups in total. The van der Waals surface area contributed by atoms with Gasteiger partial charge in [-0.05, 0) is 25.7 Å². The number of piperidine rings is 1. The number of hydrogen-bond acceptors (Lipinski definition) is 2. The molecule has 3 heteroatoms. The third-order valence-electron chi connectivity index (χ3n) is 6.06. The van der Waals surface area contributed by atoms with E-state index in [-0.39, 0.29) is 0 Å². The number of quaternary nitrogens is 1. The van der Waals surface area contributed by atoms with Crippen LogP contribution in [0.15, 0.2) is 0 Å². The molecule has 0 bridgehead atoms. The fourth-order valence-corrected chi connectivity index (χ4v) is 5.43. The molecule has 0 aromatic rings. The van der Waals surface area contributed by atoms with E-state index < -0.39 is 0 Å². The average molecular weight is 382 g/mol. The van der Waals surface area contributed by atoms with Gasteiger partial charge in [-0.25, -0.2) is 3.89 Å². The monoisotopic (exact) mass is 381 g/mol. The molecule has 0 aliphatic carbocycles. The van der Waals surface area contributed by atoms with Gasteiger partial charge in [0, 0.05) is 5.92 Å². The molecule has 2 atom stereocenters. The van der Waals surface area contributed by atoms with Crippen molar-refractivity contribution in [2.45, 2.75) is 117 Å². The smallest absolute Gasteiger partial charge is 0.196 e. The van der Waals surface area contributed by atoms with Crippen LogP contribution in [-0.2, 0) is 0 Å². The van der Waals surface area contributed by atoms with Crippen LogP contribution in [0.2, 0.25) is 0 Å². The van der Waals surface area contributed by atoms with Crippen molar-refractivity contribution in [1.29, 1.82) is 5.26 Å². The predicted octanol–water partition coefficient (Wildman–Crippen LogP) is 7.84. The van der Waals surface area contributed by atoms with E-state index in [4.69, 9.17) is 0 Å². The first-order valence-corrected chi connectivity index (χ1v) is 12.4. The highest BCUT2D eigenvalue weighted by atomic mass is 32.2. The zero-order chi connectivity index (χ0) is 18.9. The maximum absolute atomic E-state index is 9.18. The molecule has 0 radical (unpaired) electrons. The minimum atomic E-state index is 0.788. The second-order valence-electron chi connectivity index (χ2n) is 8.71. The van der Waals surface area contributed by atoms with Crippen LogP contribution < -0.4 is 0 Å². The Labute approximate surface area is 168 Å². The molecule has 1 saturated heterocycles. The van der Waals surface area contributed by atoms with Crippen molar-refractivity contribution in [2.24, 2.45) is 5.92 Å². The van der Waals surface area contributed by atoms with Crippen LogP contribution >= 0.6 is 11.9 Å². The van der Waals surface area contributed by atoms with E-state index >= 15 is 0 Å². The van der Waals surface area contributed by atoms with Gasteiger partial charge in [0.2, 0.25) is 0 Å². The molecular weight excluding hydrogens is 336 g/mol. The molecule has 1 aliphatic heterocycles. The van der Waals surface area contributed by atoms with Crippen LogP contribution in [0.3, 0.4) is 0 Å². The number of nitrogens with zero attached hydrogens (tertiary/aromatic N) is 2. The second-order valence-corrected chi connectivity index (χ2v) is 9.85. The Morgan fingerprint density at radius 3 is 1.81 bits per heavy atom. The summed E-state index contributed by atoms with van der Waals surface area (Å²) in [5.74, 6) is 0.788. The topological polar surface area (TPSA) is 23.8 Å². The molecule has 0 amide bonds. The first kappa shape index (κ1) is 23.8. The van der Waals surface area contributed by atoms with E-state index in [9.17, 15) is 5.26 Å². The standard InChI is InChI=1S/C23H45N2S/c1-3-4-5-6-7-8-9-10-11-12-13-14-15-16-19-25(26-22-24)20-17-18-23(2)21-25/h23H,3-21H2,1-2H3/q+1. The lowest BCUT2D eigenvalue weighted by Gasteiger charge is -2.39. The molecule has 1 rings (SSSR count). The summed E-state index contributed by atoms with van der Waals surface area (Å²) in [4.78, 5) is 0. The second kappa shape index (κ2) is 15.8. The van der Waals surface area contributed by atoms with Crippen molar-refractivity contribution in [3.05, 3.63) is 0 Å². The van der Waals surface area contributed by atoms with Crippen molar-refractivity contribution >= 4 is 11.9 Å². The molecule has 0 spiro atoms. The summed E-state index contributed by atoms with van der Waals surface area (Å²) in [6, 6.07) is 0. The van der Waals surface area contributed by atoms with E-state index in [0.29, 0.717) is 0 Å². The fraction of sp³-hybridized carbons (Fsp3) is 0.957. The average Bonchev–Trinajstić information content (AvgIpc) is 2.62. The molecule has 0 saturated carbocycles. The SMILES string of the molecule is CCCCCCCCCCCCCCCC[N+]1(SC#N)CCCC(C)C1. The highest BCUT2D eigenvalue weighted by Crippen LogP contribution is 2.32. The minimum absolute atomic E-state index is 0.788. The lowest BCUT2D eigenvalue weighted by molar-refractivity contribution is -0.805. The number of likely N-dealkylation sites (tertiary alicyclic amines) is 1. The summed E-state index contributed by atoms with van der Waals surface area (Å²) in [7, 11) is 0. The van der Waals surface area contributed by atoms with E-state index in [1.54, 1.807) is 0 Å². The molecular formula is C23H45N2S+. The normalized spacial score (nSPS) is 23.0. The largest absolute Gasteiger partial charge is 0.248 e. The Hall–Kier alpha value is -0.200. The van der Waals surface area contributed by atoms with Crippen LogP contribution in [0.1, 0.15) is 117 Å². The molecule has 152 valence electrons. The molecule has 1 fully saturated rings. The van der Waals surface area contributed by atoms with Crippen LogP contribution in [0.25, 0.3) is 0 Å². The van der Waals surface area contributed by atoms with Crippen molar-refractivity contribution in [3.63, 3.8) is 0 Å². The summed E-state index contributed by atoms with van der Waals surface area (Å²) in [5, 5.41) is 11.6. The van der Waals surface area contributed by atoms with Crippen molar-refractivity contribution in [3.8, 4) is 5.40 Å². The number of rotatable bonds is 16. The van der Waals surface area contributed by atoms with E-state index in [1.807, 2.05) is 0 Å². The quantitative estimate of drug-likeness (QED) is 0.118. The van der Waals surface area contributed by atoms with Gasteiger partial charge < -0.3 is 0 Å². The van der Waals surface area contributed by atoms with Gasteiger partial charge in [0.05, 0.1) is 19.6 Å². The van der Waals surface area contributed by atoms with E-state index in [0.717, 1.165) is 9.81 Å². The third-order valence-corrected chi connectivity index (χ3v) is 7.04. The Bertz CT molecular complexity index is 366. The Morgan fingerprint density at radius 1 is 0.846 bits per heavy atom. The Morgan fingerprint density at radius 2 is 1.35 bits per heavy atom. The van der Waals surface area contributed by atoms with Crippen LogP contribution in [0.4, 0.5) is 0 Å². The first-order chi connectivity index (χ1) is 12.7. The van der Waals surface area contributed by atoms with Gasteiger partial charge >= 0.3 is 0 Å². The van der Waals surface area contributed by atoms with Gasteiger partial charge in [0.15, 0.2) is 17.3 Å². The number of thiocyanates is 1. The minimum Gasteiger partial charge on any atom is -0.248 e. The maximum atomic E-state index is 9.18. The molecule has 1 heterocycles. The summed E-state index contributed by atoms with van der Waals surface area (Å²) in [5.41, 5.74) is 0. The maximum Gasteiger partial charge on any atom is 0.196 e. The zero-order valence-corrected chi connectivity index (χ0v) is 18.6. The van der Waals surface area contributed by atoms with Crippen LogP contribution in [0.5, 0.6) is 0 Å². The molecule has 2 unspecified atom stereocenters. The highest BCUT2D eigenvalue weighted by Gasteiger charge is 2.34. The van der Waals surface area contributed by atoms with E-state index in [2.05, 4.69) is 19.2 Å². The molecule has 26 heavy (non-hydrogen) atoms. The lowest BCUT2D eigenvalue weighted by Crippen LogP contribution is -2.48. The van der Waals surface area contributed by atoms with Gasteiger partial charge in [-0.2, -0.15) is 5.26 Å². The van der Waals surface area contributed by atoms with Crippen molar-refractivity contribution in [1.82, 2.24) is 0 Å². The van der Waals surface area contributed by atoms with Gasteiger partial charge in [0.25, 0.3) is 0 Å². The Balaban J connectivity index is 1.91. The van der Waals surface area contributed by atoms with Crippen LogP contribution in [-0.4, -0.2) is 23.5 Å². The third kappa shape index (κ3) is 11.5. The molecule has 0 aromatic carbocycles. The molecule has 0 aromatic heterocycles. The van der Waals surface area contributed by atoms with Crippen LogP contribution in [0, 0.1) is 16.6 Å². The predicted molar refractivity (Wildman–Crippen MR) is 117 cm³/mol. The van der Waals surface area contributed by atoms with Gasteiger partial charge in [0.1, 0.15) is 0 Å². The first-order valence-electron chi connectivity index (χ1n) is 11.7. The number of hydrogen-bond donors (Lipinski definition) is 0. The molecule has 2 nitrogen and oxygen atoms in total. The Kier molecular flexibility index (Phi) is 14.5. The zero-order valence-electron chi connectivity index (χ0n) is 17.8. The van der Waals surface area contributed by atoms with Gasteiger partial charge in [-0.1, -0.05) is 90.9 Å². The highest BCUT2D eigenvalue weighted by molar-refractivity contribution is 7.98. The number of unbranched alkanes of at least 4 members (excludes halogenated alkanes) is 13. The molecule has 1 aliphatic rings. The van der Waals surface area contributed by atoms with Crippen molar-refractivity contribution in [2.75, 3.05) is 19.6 Å². The summed E-state index contributed by atoms with van der Waals surface area (Å²) in [6.07, 6.45) is 22.5. The summed E-state index contributed by atoms with van der Waals surface area (Å²) < 4.78 is 1.01. The van der Waals surface area contributed by atoms with Gasteiger partial charge in [-0.3, -0.25) is 0 Å². The summed E-state index contributed by atoms with van der Waals surface area (Å²) in [6.45, 7) is 8.27. The van der Waals surface area contributed by atoms with E-state index in [1.165, 1.54) is 134 Å². The summed E-state index contributed by atoms with van der Waals surface area (Å²) >= 11 is 1.53. The fourth-order valence-electron chi connectivity index (χ4n) is 4.49. The number of nitriles is 1. The van der Waals surface area contributed by atoms with Gasteiger partial charge in [-0.15, -0.1) is 0 Å². The lowest BCUT2D eigenvalue weighted by atomic mass is 10.00. The van der Waals surface area contributed by atoms with Crippen molar-refractivity contribution < 1.29 is 3.89 Å².